The van der Waals surface area contributed by atoms with Gasteiger partial charge in [-0.2, -0.15) is 5.10 Å². The van der Waals surface area contributed by atoms with E-state index in [1.165, 1.54) is 5.56 Å². The summed E-state index contributed by atoms with van der Waals surface area (Å²) in [5.74, 6) is 0.488. The zero-order chi connectivity index (χ0) is 16.1. The molecule has 0 aliphatic rings. The highest BCUT2D eigenvalue weighted by atomic mass is 16.2. The Labute approximate surface area is 131 Å². The average molecular weight is 300 g/mol. The maximum atomic E-state index is 12.2. The molecule has 0 radical (unpaired) electrons. The van der Waals surface area contributed by atoms with Crippen LogP contribution in [0.5, 0.6) is 0 Å². The van der Waals surface area contributed by atoms with Crippen LogP contribution in [0.3, 0.4) is 0 Å². The average Bonchev–Trinajstić information content (AvgIpc) is 2.94. The molecule has 1 heterocycles. The minimum absolute atomic E-state index is 0.124. The summed E-state index contributed by atoms with van der Waals surface area (Å²) >= 11 is 0. The van der Waals surface area contributed by atoms with Crippen molar-refractivity contribution in [2.45, 2.75) is 39.8 Å². The van der Waals surface area contributed by atoms with E-state index in [-0.39, 0.29) is 6.03 Å². The molecule has 0 unspecified atom stereocenters. The molecule has 0 fully saturated rings. The van der Waals surface area contributed by atoms with Crippen molar-refractivity contribution in [2.75, 3.05) is 12.4 Å². The Hall–Kier alpha value is -2.30. The zero-order valence-electron chi connectivity index (χ0n) is 13.7. The molecule has 2 aromatic rings. The van der Waals surface area contributed by atoms with Crippen molar-refractivity contribution in [3.8, 4) is 0 Å². The van der Waals surface area contributed by atoms with Gasteiger partial charge in [0.15, 0.2) is 0 Å². The lowest BCUT2D eigenvalue weighted by atomic mass is 10.0. The second-order valence-corrected chi connectivity index (χ2v) is 5.70. The molecule has 0 aliphatic heterocycles. The van der Waals surface area contributed by atoms with E-state index in [4.69, 9.17) is 0 Å². The maximum Gasteiger partial charge on any atom is 0.321 e. The molecule has 5 nitrogen and oxygen atoms in total. The van der Waals surface area contributed by atoms with Gasteiger partial charge in [-0.1, -0.05) is 26.0 Å². The number of aryl methyl sites for hydroxylation is 1. The van der Waals surface area contributed by atoms with Crippen LogP contribution in [0.25, 0.3) is 0 Å². The molecule has 1 aromatic carbocycles. The largest absolute Gasteiger partial charge is 0.322 e. The standard InChI is InChI=1S/C17H24N4O/c1-5-21-16(10-11-18-21)12-20(4)17(22)19-15-8-6-14(7-9-15)13(2)3/h6-11,13H,5,12H2,1-4H3,(H,19,22). The van der Waals surface area contributed by atoms with E-state index in [0.29, 0.717) is 12.5 Å². The molecule has 0 saturated heterocycles. The summed E-state index contributed by atoms with van der Waals surface area (Å²) in [5, 5.41) is 7.13. The van der Waals surface area contributed by atoms with Crippen LogP contribution in [-0.2, 0) is 13.1 Å². The van der Waals surface area contributed by atoms with Crippen LogP contribution >= 0.6 is 0 Å². The Balaban J connectivity index is 1.96. The Bertz CT molecular complexity index is 616. The summed E-state index contributed by atoms with van der Waals surface area (Å²) in [6.07, 6.45) is 1.76. The first-order valence-corrected chi connectivity index (χ1v) is 7.64. The van der Waals surface area contributed by atoms with Crippen molar-refractivity contribution in [3.05, 3.63) is 47.8 Å². The van der Waals surface area contributed by atoms with Crippen LogP contribution in [-0.4, -0.2) is 27.8 Å². The SMILES string of the molecule is CCn1nccc1CN(C)C(=O)Nc1ccc(C(C)C)cc1. The zero-order valence-corrected chi connectivity index (χ0v) is 13.7. The van der Waals surface area contributed by atoms with Crippen LogP contribution < -0.4 is 5.32 Å². The minimum Gasteiger partial charge on any atom is -0.322 e. The molecule has 0 atom stereocenters. The first-order valence-electron chi connectivity index (χ1n) is 7.64. The number of nitrogens with one attached hydrogen (secondary N) is 1. The van der Waals surface area contributed by atoms with Gasteiger partial charge in [0.05, 0.1) is 12.2 Å². The summed E-state index contributed by atoms with van der Waals surface area (Å²) in [5.41, 5.74) is 3.10. The third-order valence-corrected chi connectivity index (χ3v) is 3.68. The van der Waals surface area contributed by atoms with Crippen LogP contribution in [0, 0.1) is 0 Å². The van der Waals surface area contributed by atoms with E-state index >= 15 is 0 Å². The van der Waals surface area contributed by atoms with Crippen molar-refractivity contribution in [1.29, 1.82) is 0 Å². The number of anilines is 1. The Morgan fingerprint density at radius 3 is 2.55 bits per heavy atom. The molecule has 0 saturated carbocycles. The normalized spacial score (nSPS) is 10.8. The first kappa shape index (κ1) is 16.1. The number of benzene rings is 1. The molecule has 0 bridgehead atoms. The predicted molar refractivity (Wildman–Crippen MR) is 88.9 cm³/mol. The van der Waals surface area contributed by atoms with Gasteiger partial charge in [-0.05, 0) is 36.6 Å². The van der Waals surface area contributed by atoms with Gasteiger partial charge in [0.25, 0.3) is 0 Å². The molecular weight excluding hydrogens is 276 g/mol. The summed E-state index contributed by atoms with van der Waals surface area (Å²) in [4.78, 5) is 13.9. The van der Waals surface area contributed by atoms with Crippen LogP contribution in [0.15, 0.2) is 36.5 Å². The fourth-order valence-corrected chi connectivity index (χ4v) is 2.26. The molecule has 0 aliphatic carbocycles. The lowest BCUT2D eigenvalue weighted by Gasteiger charge is -2.18. The summed E-state index contributed by atoms with van der Waals surface area (Å²) in [7, 11) is 1.78. The third-order valence-electron chi connectivity index (χ3n) is 3.68. The van der Waals surface area contributed by atoms with Crippen molar-refractivity contribution < 1.29 is 4.79 Å². The van der Waals surface area contributed by atoms with Crippen LogP contribution in [0.2, 0.25) is 0 Å². The fourth-order valence-electron chi connectivity index (χ4n) is 2.26. The summed E-state index contributed by atoms with van der Waals surface area (Å²) in [6, 6.07) is 9.79. The van der Waals surface area contributed by atoms with Gasteiger partial charge in [0.2, 0.25) is 0 Å². The number of carbonyl (C=O) groups excluding carboxylic acids is 1. The minimum atomic E-state index is -0.124. The first-order chi connectivity index (χ1) is 10.5. The third kappa shape index (κ3) is 3.87. The van der Waals surface area contributed by atoms with Crippen LogP contribution in [0.4, 0.5) is 10.5 Å². The lowest BCUT2D eigenvalue weighted by Crippen LogP contribution is -2.31. The fraction of sp³-hybridized carbons (Fsp3) is 0.412. The highest BCUT2D eigenvalue weighted by Gasteiger charge is 2.12. The van der Waals surface area contributed by atoms with E-state index in [9.17, 15) is 4.79 Å². The highest BCUT2D eigenvalue weighted by Crippen LogP contribution is 2.17. The van der Waals surface area contributed by atoms with Gasteiger partial charge in [-0.3, -0.25) is 4.68 Å². The molecule has 118 valence electrons. The van der Waals surface area contributed by atoms with E-state index < -0.39 is 0 Å². The molecule has 22 heavy (non-hydrogen) atoms. The van der Waals surface area contributed by atoms with Gasteiger partial charge in [0.1, 0.15) is 0 Å². The number of hydrogen-bond acceptors (Lipinski definition) is 2. The van der Waals surface area contributed by atoms with Crippen molar-refractivity contribution in [2.24, 2.45) is 0 Å². The van der Waals surface area contributed by atoms with Gasteiger partial charge in [0, 0.05) is 25.5 Å². The van der Waals surface area contributed by atoms with Crippen LogP contribution in [0.1, 0.15) is 37.9 Å². The Morgan fingerprint density at radius 2 is 1.95 bits per heavy atom. The predicted octanol–water partition coefficient (Wildman–Crippen LogP) is 3.69. The van der Waals surface area contributed by atoms with E-state index in [1.807, 2.05) is 41.9 Å². The molecule has 5 heteroatoms. The Kier molecular flexibility index (Phi) is 5.20. The Morgan fingerprint density at radius 1 is 1.27 bits per heavy atom. The van der Waals surface area contributed by atoms with Crippen molar-refractivity contribution >= 4 is 11.7 Å². The molecule has 2 rings (SSSR count). The summed E-state index contributed by atoms with van der Waals surface area (Å²) in [6.45, 7) is 7.67. The smallest absolute Gasteiger partial charge is 0.321 e. The number of nitrogens with zero attached hydrogens (tertiary/aromatic N) is 3. The van der Waals surface area contributed by atoms with Gasteiger partial charge in [-0.25, -0.2) is 4.79 Å². The van der Waals surface area contributed by atoms with E-state index in [2.05, 4.69) is 24.3 Å². The number of rotatable bonds is 5. The molecule has 1 aromatic heterocycles. The maximum absolute atomic E-state index is 12.2. The molecule has 0 spiro atoms. The number of urea groups is 1. The van der Waals surface area contributed by atoms with Gasteiger partial charge < -0.3 is 10.2 Å². The quantitative estimate of drug-likeness (QED) is 0.915. The van der Waals surface area contributed by atoms with Gasteiger partial charge in [-0.15, -0.1) is 0 Å². The van der Waals surface area contributed by atoms with E-state index in [0.717, 1.165) is 17.9 Å². The molecule has 2 amide bonds. The topological polar surface area (TPSA) is 50.2 Å². The highest BCUT2D eigenvalue weighted by molar-refractivity contribution is 5.89. The second-order valence-electron chi connectivity index (χ2n) is 5.70. The molecule has 1 N–H and O–H groups in total. The van der Waals surface area contributed by atoms with E-state index in [1.54, 1.807) is 18.1 Å². The number of carbonyl (C=O) groups is 1. The number of aromatic nitrogens is 2. The lowest BCUT2D eigenvalue weighted by molar-refractivity contribution is 0.219. The number of hydrogen-bond donors (Lipinski definition) is 1. The van der Waals surface area contributed by atoms with Crippen molar-refractivity contribution in [1.82, 2.24) is 14.7 Å². The molecular formula is C17H24N4O. The second kappa shape index (κ2) is 7.11. The monoisotopic (exact) mass is 300 g/mol. The summed E-state index contributed by atoms with van der Waals surface area (Å²) < 4.78 is 1.89. The number of amides is 2. The van der Waals surface area contributed by atoms with Crippen molar-refractivity contribution in [3.63, 3.8) is 0 Å². The van der Waals surface area contributed by atoms with Gasteiger partial charge >= 0.3 is 6.03 Å².